The van der Waals surface area contributed by atoms with Crippen molar-refractivity contribution in [2.75, 3.05) is 33.1 Å². The molecule has 0 aliphatic rings. The number of guanidine groups is 1. The van der Waals surface area contributed by atoms with E-state index in [0.717, 1.165) is 19.0 Å². The minimum absolute atomic E-state index is 0. The van der Waals surface area contributed by atoms with Crippen molar-refractivity contribution in [2.24, 2.45) is 12.0 Å². The summed E-state index contributed by atoms with van der Waals surface area (Å²) in [6.45, 7) is 1.58. The molecular formula is C18H28IN5. The van der Waals surface area contributed by atoms with Crippen LogP contribution in [0.3, 0.4) is 0 Å². The van der Waals surface area contributed by atoms with Crippen molar-refractivity contribution in [3.05, 3.63) is 53.9 Å². The zero-order valence-electron chi connectivity index (χ0n) is 15.2. The number of nitrogens with one attached hydrogen (secondary N) is 1. The van der Waals surface area contributed by atoms with Gasteiger partial charge in [-0.15, -0.1) is 24.0 Å². The molecule has 0 saturated carbocycles. The summed E-state index contributed by atoms with van der Waals surface area (Å²) in [4.78, 5) is 8.62. The van der Waals surface area contributed by atoms with Crippen molar-refractivity contribution in [3.8, 4) is 0 Å². The van der Waals surface area contributed by atoms with Crippen LogP contribution in [0.4, 0.5) is 5.69 Å². The predicted molar refractivity (Wildman–Crippen MR) is 113 cm³/mol. The molecule has 2 rings (SSSR count). The van der Waals surface area contributed by atoms with Crippen LogP contribution in [-0.2, 0) is 20.1 Å². The monoisotopic (exact) mass is 441 g/mol. The van der Waals surface area contributed by atoms with E-state index in [1.807, 2.05) is 7.05 Å². The number of aliphatic imine (C=N–C) groups is 1. The van der Waals surface area contributed by atoms with Crippen LogP contribution in [-0.4, -0.2) is 43.6 Å². The summed E-state index contributed by atoms with van der Waals surface area (Å²) in [6.07, 6.45) is 2.06. The van der Waals surface area contributed by atoms with Crippen LogP contribution in [0.2, 0.25) is 0 Å². The molecule has 24 heavy (non-hydrogen) atoms. The van der Waals surface area contributed by atoms with E-state index in [0.29, 0.717) is 0 Å². The van der Waals surface area contributed by atoms with Crippen LogP contribution >= 0.6 is 24.0 Å². The van der Waals surface area contributed by atoms with Crippen LogP contribution in [0, 0.1) is 0 Å². The maximum absolute atomic E-state index is 4.38. The van der Waals surface area contributed by atoms with E-state index in [2.05, 4.69) is 95.5 Å². The minimum atomic E-state index is 0. The first-order chi connectivity index (χ1) is 11.0. The van der Waals surface area contributed by atoms with E-state index in [4.69, 9.17) is 0 Å². The van der Waals surface area contributed by atoms with E-state index in [-0.39, 0.29) is 24.0 Å². The molecule has 0 spiro atoms. The zero-order chi connectivity index (χ0) is 16.8. The molecule has 0 aliphatic carbocycles. The van der Waals surface area contributed by atoms with Crippen molar-refractivity contribution in [1.29, 1.82) is 0 Å². The lowest BCUT2D eigenvalue weighted by molar-refractivity contribution is 0.461. The quantitative estimate of drug-likeness (QED) is 0.441. The molecule has 0 radical (unpaired) electrons. The number of aryl methyl sites for hydroxylation is 1. The number of anilines is 1. The van der Waals surface area contributed by atoms with Gasteiger partial charge in [-0.1, -0.05) is 12.1 Å². The molecule has 1 aromatic carbocycles. The van der Waals surface area contributed by atoms with Gasteiger partial charge in [0.2, 0.25) is 0 Å². The summed E-state index contributed by atoms with van der Waals surface area (Å²) < 4.78 is 2.13. The Labute approximate surface area is 162 Å². The summed E-state index contributed by atoms with van der Waals surface area (Å²) in [6, 6.07) is 12.7. The Morgan fingerprint density at radius 1 is 1.17 bits per heavy atom. The minimum Gasteiger partial charge on any atom is -0.378 e. The molecule has 1 aromatic heterocycles. The smallest absolute Gasteiger partial charge is 0.194 e. The van der Waals surface area contributed by atoms with Gasteiger partial charge in [0.1, 0.15) is 0 Å². The summed E-state index contributed by atoms with van der Waals surface area (Å²) in [7, 11) is 10.0. The van der Waals surface area contributed by atoms with E-state index in [1.54, 1.807) is 0 Å². The van der Waals surface area contributed by atoms with E-state index in [9.17, 15) is 0 Å². The molecule has 0 aliphatic heterocycles. The van der Waals surface area contributed by atoms with Gasteiger partial charge in [-0.05, 0) is 29.8 Å². The van der Waals surface area contributed by atoms with Gasteiger partial charge in [0.05, 0.1) is 6.54 Å². The fourth-order valence-corrected chi connectivity index (χ4v) is 2.49. The number of hydrogen-bond acceptors (Lipinski definition) is 2. The third-order valence-corrected chi connectivity index (χ3v) is 3.90. The second-order valence-electron chi connectivity index (χ2n) is 5.93. The molecule has 5 nitrogen and oxygen atoms in total. The second kappa shape index (κ2) is 9.56. The maximum atomic E-state index is 4.38. The van der Waals surface area contributed by atoms with Crippen LogP contribution in [0.1, 0.15) is 11.3 Å². The maximum Gasteiger partial charge on any atom is 0.194 e. The Morgan fingerprint density at radius 2 is 1.92 bits per heavy atom. The normalized spacial score (nSPS) is 11.0. The topological polar surface area (TPSA) is 35.8 Å². The van der Waals surface area contributed by atoms with Crippen molar-refractivity contribution in [2.45, 2.75) is 13.1 Å². The molecule has 0 atom stereocenters. The number of nitrogens with zero attached hydrogens (tertiary/aromatic N) is 4. The molecule has 0 unspecified atom stereocenters. The van der Waals surface area contributed by atoms with Gasteiger partial charge in [0.25, 0.3) is 0 Å². The molecule has 0 fully saturated rings. The third kappa shape index (κ3) is 5.43. The van der Waals surface area contributed by atoms with Gasteiger partial charge in [0, 0.05) is 59.4 Å². The van der Waals surface area contributed by atoms with Crippen LogP contribution < -0.4 is 10.2 Å². The number of aromatic nitrogens is 1. The molecule has 0 amide bonds. The first-order valence-corrected chi connectivity index (χ1v) is 7.79. The lowest BCUT2D eigenvalue weighted by Crippen LogP contribution is -2.38. The predicted octanol–water partition coefficient (Wildman–Crippen LogP) is 2.92. The van der Waals surface area contributed by atoms with E-state index in [1.165, 1.54) is 16.9 Å². The van der Waals surface area contributed by atoms with Crippen molar-refractivity contribution in [3.63, 3.8) is 0 Å². The second-order valence-corrected chi connectivity index (χ2v) is 5.93. The van der Waals surface area contributed by atoms with Gasteiger partial charge in [-0.25, -0.2) is 0 Å². The molecule has 0 saturated heterocycles. The standard InChI is InChI=1S/C18H27N5.HI/c1-19-18(23(5)14-17-10-7-11-22(17)4)20-13-15-8-6-9-16(12-15)21(2)3;/h6-12H,13-14H2,1-5H3,(H,19,20);1H. The van der Waals surface area contributed by atoms with Crippen LogP contribution in [0.5, 0.6) is 0 Å². The van der Waals surface area contributed by atoms with E-state index >= 15 is 0 Å². The van der Waals surface area contributed by atoms with Crippen molar-refractivity contribution < 1.29 is 0 Å². The first-order valence-electron chi connectivity index (χ1n) is 7.79. The Bertz CT molecular complexity index is 663. The highest BCUT2D eigenvalue weighted by atomic mass is 127. The highest BCUT2D eigenvalue weighted by Crippen LogP contribution is 2.13. The fourth-order valence-electron chi connectivity index (χ4n) is 2.49. The van der Waals surface area contributed by atoms with E-state index < -0.39 is 0 Å². The Hall–Kier alpha value is -1.70. The molecule has 1 heterocycles. The average Bonchev–Trinajstić information content (AvgIpc) is 2.93. The van der Waals surface area contributed by atoms with Gasteiger partial charge in [-0.3, -0.25) is 4.99 Å². The zero-order valence-corrected chi connectivity index (χ0v) is 17.5. The lowest BCUT2D eigenvalue weighted by Gasteiger charge is -2.22. The number of halogens is 1. The third-order valence-electron chi connectivity index (χ3n) is 3.90. The van der Waals surface area contributed by atoms with Crippen molar-refractivity contribution in [1.82, 2.24) is 14.8 Å². The van der Waals surface area contributed by atoms with Gasteiger partial charge in [0.15, 0.2) is 5.96 Å². The summed E-state index contributed by atoms with van der Waals surface area (Å²) in [5, 5.41) is 3.43. The summed E-state index contributed by atoms with van der Waals surface area (Å²) >= 11 is 0. The Morgan fingerprint density at radius 3 is 2.50 bits per heavy atom. The van der Waals surface area contributed by atoms with Crippen LogP contribution in [0.15, 0.2) is 47.6 Å². The number of benzene rings is 1. The van der Waals surface area contributed by atoms with Gasteiger partial charge < -0.3 is 19.7 Å². The van der Waals surface area contributed by atoms with Crippen molar-refractivity contribution >= 4 is 35.6 Å². The molecule has 6 heteroatoms. The highest BCUT2D eigenvalue weighted by molar-refractivity contribution is 14.0. The first kappa shape index (κ1) is 20.3. The highest BCUT2D eigenvalue weighted by Gasteiger charge is 2.08. The van der Waals surface area contributed by atoms with Gasteiger partial charge in [-0.2, -0.15) is 0 Å². The molecule has 2 aromatic rings. The van der Waals surface area contributed by atoms with Crippen LogP contribution in [0.25, 0.3) is 0 Å². The molecule has 0 bridgehead atoms. The lowest BCUT2D eigenvalue weighted by atomic mass is 10.2. The molecule has 132 valence electrons. The molecular weight excluding hydrogens is 413 g/mol. The molecule has 1 N–H and O–H groups in total. The fraction of sp³-hybridized carbons (Fsp3) is 0.389. The SMILES string of the molecule is CN=C(NCc1cccc(N(C)C)c1)N(C)Cc1cccn1C.I. The number of rotatable bonds is 5. The van der Waals surface area contributed by atoms with Gasteiger partial charge >= 0.3 is 0 Å². The Balaban J connectivity index is 0.00000288. The number of hydrogen-bond donors (Lipinski definition) is 1. The largest absolute Gasteiger partial charge is 0.378 e. The average molecular weight is 441 g/mol. The Kier molecular flexibility index (Phi) is 8.10. The summed E-state index contributed by atoms with van der Waals surface area (Å²) in [5.74, 6) is 0.890. The summed E-state index contributed by atoms with van der Waals surface area (Å²) in [5.41, 5.74) is 3.70.